The second-order valence-electron chi connectivity index (χ2n) is 10.7. The number of hydrogen-bond acceptors (Lipinski definition) is 7. The molecule has 2 amide bonds. The summed E-state index contributed by atoms with van der Waals surface area (Å²) >= 11 is 0. The first-order chi connectivity index (χ1) is 19.2. The van der Waals surface area contributed by atoms with Crippen LogP contribution in [0.15, 0.2) is 42.0 Å². The largest absolute Gasteiger partial charge is 0.431 e. The molecule has 3 atom stereocenters. The van der Waals surface area contributed by atoms with Gasteiger partial charge in [0.25, 0.3) is 5.91 Å². The van der Waals surface area contributed by atoms with E-state index in [9.17, 15) is 20.3 Å². The third kappa shape index (κ3) is 6.02. The minimum atomic E-state index is -1.03. The topological polar surface area (TPSA) is 133 Å². The van der Waals surface area contributed by atoms with E-state index in [0.717, 1.165) is 35.1 Å². The molecule has 40 heavy (non-hydrogen) atoms. The predicted octanol–water partition coefficient (Wildman–Crippen LogP) is 4.34. The minimum Gasteiger partial charge on any atom is -0.431 e. The Morgan fingerprint density at radius 2 is 2.10 bits per heavy atom. The molecular formula is C31H42N6O3. The van der Waals surface area contributed by atoms with Crippen molar-refractivity contribution < 1.29 is 14.3 Å². The highest BCUT2D eigenvalue weighted by Crippen LogP contribution is 2.47. The summed E-state index contributed by atoms with van der Waals surface area (Å²) in [6, 6.07) is 7.31. The maximum atomic E-state index is 13.0. The van der Waals surface area contributed by atoms with E-state index in [-0.39, 0.29) is 36.3 Å². The lowest BCUT2D eigenvalue weighted by Gasteiger charge is -2.40. The summed E-state index contributed by atoms with van der Waals surface area (Å²) in [6.45, 7) is 8.84. The van der Waals surface area contributed by atoms with Crippen LogP contribution in [-0.4, -0.2) is 73.2 Å². The first kappa shape index (κ1) is 30.8. The van der Waals surface area contributed by atoms with Crippen molar-refractivity contribution in [2.75, 3.05) is 27.2 Å². The standard InChI is InChI=1S/C31H42N6O3/c1-6-21-11-12-22-16-23(29(39)36(4)5)13-14-27(22)31(26(21)8-3,30(34)40-20-33)17-24(7-2)35-19-28(38)37-15-9-10-25(37)18-32/h6,13-14,16,20,24-25,33-35H,1,7-12,15,17,19H2,2-5H3. The van der Waals surface area contributed by atoms with E-state index in [4.69, 9.17) is 10.1 Å². The lowest BCUT2D eigenvalue weighted by atomic mass is 9.66. The van der Waals surface area contributed by atoms with Crippen molar-refractivity contribution in [3.8, 4) is 6.07 Å². The third-order valence-electron chi connectivity index (χ3n) is 8.26. The third-order valence-corrected chi connectivity index (χ3v) is 8.26. The molecule has 1 aromatic carbocycles. The average Bonchev–Trinajstić information content (AvgIpc) is 3.39. The number of carbonyl (C=O) groups excluding carboxylic acids is 2. The molecule has 1 aliphatic heterocycles. The molecule has 3 unspecified atom stereocenters. The van der Waals surface area contributed by atoms with E-state index in [1.165, 1.54) is 0 Å². The van der Waals surface area contributed by atoms with Gasteiger partial charge in [0.2, 0.25) is 11.8 Å². The van der Waals surface area contributed by atoms with Gasteiger partial charge < -0.3 is 19.9 Å². The van der Waals surface area contributed by atoms with E-state index in [1.807, 2.05) is 32.1 Å². The normalized spacial score (nSPS) is 21.1. The summed E-state index contributed by atoms with van der Waals surface area (Å²) < 4.78 is 5.56. The van der Waals surface area contributed by atoms with Crippen molar-refractivity contribution in [1.82, 2.24) is 15.1 Å². The molecule has 1 saturated heterocycles. The Bertz CT molecular complexity index is 1230. The van der Waals surface area contributed by atoms with Crippen molar-refractivity contribution in [3.63, 3.8) is 0 Å². The number of allylic oxidation sites excluding steroid dienone is 2. The number of nitriles is 1. The Balaban J connectivity index is 2.10. The number of fused-ring (bicyclic) bond motifs is 1. The molecule has 0 bridgehead atoms. The second kappa shape index (κ2) is 13.5. The van der Waals surface area contributed by atoms with Crippen LogP contribution >= 0.6 is 0 Å². The molecule has 1 aliphatic carbocycles. The summed E-state index contributed by atoms with van der Waals surface area (Å²) in [5.41, 5.74) is 3.40. The van der Waals surface area contributed by atoms with Gasteiger partial charge in [0.05, 0.1) is 18.0 Å². The summed E-state index contributed by atoms with van der Waals surface area (Å²) in [6.07, 6.45) is 7.26. The molecular weight excluding hydrogens is 504 g/mol. The number of nitrogens with one attached hydrogen (secondary N) is 3. The maximum Gasteiger partial charge on any atom is 0.253 e. The Hall–Kier alpha value is -3.77. The van der Waals surface area contributed by atoms with Crippen LogP contribution in [0.2, 0.25) is 0 Å². The van der Waals surface area contributed by atoms with Crippen LogP contribution in [0.1, 0.15) is 73.9 Å². The van der Waals surface area contributed by atoms with Crippen LogP contribution in [-0.2, 0) is 21.4 Å². The fraction of sp³-hybridized carbons (Fsp3) is 0.516. The monoisotopic (exact) mass is 546 g/mol. The van der Waals surface area contributed by atoms with Crippen LogP contribution in [0.25, 0.3) is 0 Å². The van der Waals surface area contributed by atoms with E-state index >= 15 is 0 Å². The highest BCUT2D eigenvalue weighted by atomic mass is 16.5. The van der Waals surface area contributed by atoms with E-state index in [0.29, 0.717) is 50.6 Å². The van der Waals surface area contributed by atoms with Crippen LogP contribution < -0.4 is 5.32 Å². The number of likely N-dealkylation sites (tertiary alicyclic amines) is 1. The van der Waals surface area contributed by atoms with Crippen molar-refractivity contribution in [3.05, 3.63) is 58.7 Å². The number of amides is 2. The van der Waals surface area contributed by atoms with Crippen molar-refractivity contribution >= 4 is 24.1 Å². The number of benzene rings is 1. The van der Waals surface area contributed by atoms with Gasteiger partial charge in [-0.2, -0.15) is 5.26 Å². The first-order valence-corrected chi connectivity index (χ1v) is 14.0. The van der Waals surface area contributed by atoms with Gasteiger partial charge in [0, 0.05) is 32.2 Å². The zero-order valence-electron chi connectivity index (χ0n) is 24.2. The van der Waals surface area contributed by atoms with Crippen molar-refractivity contribution in [2.24, 2.45) is 0 Å². The zero-order valence-corrected chi connectivity index (χ0v) is 24.2. The maximum absolute atomic E-state index is 13.0. The van der Waals surface area contributed by atoms with E-state index < -0.39 is 5.41 Å². The molecule has 1 heterocycles. The molecule has 3 rings (SSSR count). The first-order valence-electron chi connectivity index (χ1n) is 14.0. The SMILES string of the molecule is C=CC1=C(CC)C(CC(CC)NCC(=O)N2CCCC2C#N)(C(=N)OC=N)c2ccc(C(=O)N(C)C)cc2CC1. The molecule has 0 spiro atoms. The molecule has 9 nitrogen and oxygen atoms in total. The molecule has 0 saturated carbocycles. The second-order valence-corrected chi connectivity index (χ2v) is 10.7. The van der Waals surface area contributed by atoms with Crippen molar-refractivity contribution in [1.29, 1.82) is 16.1 Å². The zero-order chi connectivity index (χ0) is 29.4. The number of ether oxygens (including phenoxy) is 1. The lowest BCUT2D eigenvalue weighted by molar-refractivity contribution is -0.130. The molecule has 1 aromatic rings. The van der Waals surface area contributed by atoms with Gasteiger partial charge in [-0.25, -0.2) is 0 Å². The number of aryl methyl sites for hydroxylation is 1. The van der Waals surface area contributed by atoms with Gasteiger partial charge in [-0.05, 0) is 79.4 Å². The van der Waals surface area contributed by atoms with Crippen LogP contribution in [0.5, 0.6) is 0 Å². The van der Waals surface area contributed by atoms with E-state index in [2.05, 4.69) is 18.0 Å². The van der Waals surface area contributed by atoms with Crippen LogP contribution in [0.4, 0.5) is 0 Å². The number of hydrogen-bond donors (Lipinski definition) is 3. The molecule has 214 valence electrons. The molecule has 0 aromatic heterocycles. The summed E-state index contributed by atoms with van der Waals surface area (Å²) in [5, 5.41) is 29.7. The summed E-state index contributed by atoms with van der Waals surface area (Å²) in [5.74, 6) is -0.266. The van der Waals surface area contributed by atoms with Gasteiger partial charge in [0.15, 0.2) is 6.40 Å². The van der Waals surface area contributed by atoms with Crippen LogP contribution in [0.3, 0.4) is 0 Å². The minimum absolute atomic E-state index is 0.0656. The Kier molecular flexibility index (Phi) is 10.4. The fourth-order valence-electron chi connectivity index (χ4n) is 6.23. The predicted molar refractivity (Wildman–Crippen MR) is 157 cm³/mol. The molecule has 1 fully saturated rings. The number of nitrogens with zero attached hydrogens (tertiary/aromatic N) is 3. The lowest BCUT2D eigenvalue weighted by Crippen LogP contribution is -2.48. The quantitative estimate of drug-likeness (QED) is 0.280. The Labute approximate surface area is 237 Å². The summed E-state index contributed by atoms with van der Waals surface area (Å²) in [4.78, 5) is 29.0. The molecule has 3 N–H and O–H groups in total. The van der Waals surface area contributed by atoms with E-state index in [1.54, 1.807) is 30.0 Å². The fourth-order valence-corrected chi connectivity index (χ4v) is 6.23. The van der Waals surface area contributed by atoms with Gasteiger partial charge in [-0.15, -0.1) is 0 Å². The Morgan fingerprint density at radius 3 is 2.70 bits per heavy atom. The highest BCUT2D eigenvalue weighted by molar-refractivity contribution is 5.97. The van der Waals surface area contributed by atoms with Gasteiger partial charge in [-0.3, -0.25) is 20.4 Å². The highest BCUT2D eigenvalue weighted by Gasteiger charge is 2.47. The van der Waals surface area contributed by atoms with Crippen LogP contribution in [0, 0.1) is 22.1 Å². The van der Waals surface area contributed by atoms with Crippen molar-refractivity contribution in [2.45, 2.75) is 76.3 Å². The molecule has 9 heteroatoms. The van der Waals surface area contributed by atoms with Gasteiger partial charge in [-0.1, -0.05) is 32.6 Å². The number of carbonyl (C=O) groups is 2. The summed E-state index contributed by atoms with van der Waals surface area (Å²) in [7, 11) is 3.44. The van der Waals surface area contributed by atoms with Gasteiger partial charge >= 0.3 is 0 Å². The molecule has 2 aliphatic rings. The number of rotatable bonds is 11. The van der Waals surface area contributed by atoms with Gasteiger partial charge in [0.1, 0.15) is 6.04 Å². The average molecular weight is 547 g/mol. The Morgan fingerprint density at radius 1 is 1.35 bits per heavy atom. The molecule has 0 radical (unpaired) electrons. The smallest absolute Gasteiger partial charge is 0.253 e.